The molecule has 0 aromatic heterocycles. The number of carbonyl (C=O) groups excluding carboxylic acids is 2. The van der Waals surface area contributed by atoms with Gasteiger partial charge in [0.25, 0.3) is 0 Å². The molecule has 0 spiro atoms. The number of unbranched alkanes of at least 4 members (excludes halogenated alkanes) is 11. The zero-order valence-electron chi connectivity index (χ0n) is 22.2. The standard InChI is InChI=1S/C26H48N2O6.Na/c1-2-3-4-5-6-7-8-9-10-11-12-13-14-15-16-17-24(30)28(20-21-29)19-18-27(22-25(31)32)23-26(33)34;/h9-10,29H,2-8,11-23H2,1H3,(H,31,32)(H,33,34);/q;+1/p-1/b10-9-;. The minimum atomic E-state index is -1.37. The molecule has 9 heteroatoms. The van der Waals surface area contributed by atoms with Crippen LogP contribution in [0.1, 0.15) is 96.8 Å². The Morgan fingerprint density at radius 2 is 1.31 bits per heavy atom. The van der Waals surface area contributed by atoms with E-state index in [9.17, 15) is 24.6 Å². The van der Waals surface area contributed by atoms with Gasteiger partial charge >= 0.3 is 35.5 Å². The van der Waals surface area contributed by atoms with Crippen LogP contribution in [0.4, 0.5) is 0 Å². The van der Waals surface area contributed by atoms with Crippen LogP contribution in [0.5, 0.6) is 0 Å². The van der Waals surface area contributed by atoms with Crippen molar-refractivity contribution in [2.24, 2.45) is 0 Å². The molecule has 0 saturated carbocycles. The number of carboxylic acids is 2. The van der Waals surface area contributed by atoms with Gasteiger partial charge in [-0.15, -0.1) is 0 Å². The molecule has 0 atom stereocenters. The van der Waals surface area contributed by atoms with Crippen molar-refractivity contribution in [3.63, 3.8) is 0 Å². The van der Waals surface area contributed by atoms with Crippen LogP contribution < -0.4 is 34.7 Å². The molecular weight excluding hydrogens is 459 g/mol. The first-order valence-corrected chi connectivity index (χ1v) is 13.1. The van der Waals surface area contributed by atoms with Crippen molar-refractivity contribution < 1.29 is 59.3 Å². The van der Waals surface area contributed by atoms with Gasteiger partial charge in [0.15, 0.2) is 0 Å². The van der Waals surface area contributed by atoms with Crippen molar-refractivity contribution in [1.29, 1.82) is 0 Å². The number of carboxylic acid groups (broad SMARTS) is 2. The number of hydrogen-bond donors (Lipinski definition) is 2. The molecule has 1 amide bonds. The van der Waals surface area contributed by atoms with Crippen molar-refractivity contribution in [2.75, 3.05) is 39.3 Å². The SMILES string of the molecule is CCCCCCCC/C=C\CCCCCCCC(=O)N(CCO)CCN(CC(=O)[O-])CC(=O)O.[Na+]. The van der Waals surface area contributed by atoms with Crippen molar-refractivity contribution in [2.45, 2.75) is 96.8 Å². The monoisotopic (exact) mass is 506 g/mol. The molecule has 198 valence electrons. The predicted octanol–water partition coefficient (Wildman–Crippen LogP) is -0.0147. The number of amides is 1. The van der Waals surface area contributed by atoms with E-state index < -0.39 is 25.0 Å². The van der Waals surface area contributed by atoms with Crippen LogP contribution in [-0.4, -0.2) is 77.2 Å². The first-order valence-electron chi connectivity index (χ1n) is 13.1. The van der Waals surface area contributed by atoms with E-state index in [2.05, 4.69) is 19.1 Å². The molecule has 0 saturated heterocycles. The Balaban J connectivity index is 0. The Hall–Kier alpha value is -0.930. The summed E-state index contributed by atoms with van der Waals surface area (Å²) in [5, 5.41) is 28.9. The molecule has 0 aliphatic heterocycles. The number of carbonyl (C=O) groups is 3. The molecule has 35 heavy (non-hydrogen) atoms. The Labute approximate surface area is 234 Å². The van der Waals surface area contributed by atoms with Gasteiger partial charge in [-0.05, 0) is 32.1 Å². The van der Waals surface area contributed by atoms with Gasteiger partial charge in [0.05, 0.1) is 19.1 Å². The van der Waals surface area contributed by atoms with Gasteiger partial charge in [-0.3, -0.25) is 14.5 Å². The van der Waals surface area contributed by atoms with Crippen LogP contribution in [0.2, 0.25) is 0 Å². The summed E-state index contributed by atoms with van der Waals surface area (Å²) in [4.78, 5) is 36.8. The van der Waals surface area contributed by atoms with E-state index in [1.165, 1.54) is 54.7 Å². The third-order valence-corrected chi connectivity index (χ3v) is 5.77. The number of aliphatic hydroxyl groups excluding tert-OH is 1. The topological polar surface area (TPSA) is 121 Å². The summed E-state index contributed by atoms with van der Waals surface area (Å²) >= 11 is 0. The van der Waals surface area contributed by atoms with Crippen LogP contribution in [0, 0.1) is 0 Å². The van der Waals surface area contributed by atoms with Crippen LogP contribution in [-0.2, 0) is 14.4 Å². The third kappa shape index (κ3) is 24.5. The first-order chi connectivity index (χ1) is 16.4. The van der Waals surface area contributed by atoms with E-state index >= 15 is 0 Å². The largest absolute Gasteiger partial charge is 1.00 e. The number of rotatable bonds is 24. The van der Waals surface area contributed by atoms with Gasteiger partial charge in [0, 0.05) is 32.6 Å². The molecule has 0 bridgehead atoms. The quantitative estimate of drug-likeness (QED) is 0.107. The summed E-state index contributed by atoms with van der Waals surface area (Å²) in [5.74, 6) is -2.61. The molecule has 0 radical (unpaired) electrons. The molecule has 0 aromatic rings. The number of aliphatic hydroxyl groups is 1. The predicted molar refractivity (Wildman–Crippen MR) is 132 cm³/mol. The zero-order valence-corrected chi connectivity index (χ0v) is 24.2. The van der Waals surface area contributed by atoms with Gasteiger partial charge in [0.1, 0.15) is 0 Å². The van der Waals surface area contributed by atoms with Crippen molar-refractivity contribution in [3.8, 4) is 0 Å². The average molecular weight is 507 g/mol. The first kappa shape index (κ1) is 36.2. The number of aliphatic carboxylic acids is 2. The van der Waals surface area contributed by atoms with Gasteiger partial charge in [-0.1, -0.05) is 70.4 Å². The normalized spacial score (nSPS) is 11.1. The fraction of sp³-hybridized carbons (Fsp3) is 0.808. The number of hydrogen-bond acceptors (Lipinski definition) is 6. The molecule has 2 N–H and O–H groups in total. The summed E-state index contributed by atoms with van der Waals surface area (Å²) in [6.07, 6.45) is 20.4. The van der Waals surface area contributed by atoms with Gasteiger partial charge in [-0.2, -0.15) is 0 Å². The van der Waals surface area contributed by atoms with Crippen LogP contribution in [0.15, 0.2) is 12.2 Å². The van der Waals surface area contributed by atoms with E-state index in [4.69, 9.17) is 5.11 Å². The van der Waals surface area contributed by atoms with Gasteiger partial charge in [-0.25, -0.2) is 0 Å². The Morgan fingerprint density at radius 3 is 1.83 bits per heavy atom. The summed E-state index contributed by atoms with van der Waals surface area (Å²) in [6, 6.07) is 0. The molecule has 0 heterocycles. The second-order valence-electron chi connectivity index (χ2n) is 8.92. The van der Waals surface area contributed by atoms with E-state index in [0.29, 0.717) is 6.42 Å². The number of nitrogens with zero attached hydrogens (tertiary/aromatic N) is 2. The van der Waals surface area contributed by atoms with Gasteiger partial charge < -0.3 is 25.0 Å². The molecule has 0 unspecified atom stereocenters. The fourth-order valence-corrected chi connectivity index (χ4v) is 3.84. The Morgan fingerprint density at radius 1 is 0.771 bits per heavy atom. The smallest absolute Gasteiger partial charge is 0.549 e. The van der Waals surface area contributed by atoms with Crippen molar-refractivity contribution in [3.05, 3.63) is 12.2 Å². The van der Waals surface area contributed by atoms with E-state index in [-0.39, 0.29) is 61.7 Å². The maximum Gasteiger partial charge on any atom is 1.00 e. The molecule has 8 nitrogen and oxygen atoms in total. The molecule has 0 aliphatic carbocycles. The van der Waals surface area contributed by atoms with E-state index in [1.807, 2.05) is 0 Å². The van der Waals surface area contributed by atoms with Crippen LogP contribution in [0.3, 0.4) is 0 Å². The van der Waals surface area contributed by atoms with Gasteiger partial charge in [0.2, 0.25) is 5.91 Å². The summed E-state index contributed by atoms with van der Waals surface area (Å²) < 4.78 is 0. The fourth-order valence-electron chi connectivity index (χ4n) is 3.84. The minimum absolute atomic E-state index is 0. The maximum absolute atomic E-state index is 12.5. The minimum Gasteiger partial charge on any atom is -0.549 e. The summed E-state index contributed by atoms with van der Waals surface area (Å²) in [6.45, 7) is 1.51. The average Bonchev–Trinajstić information content (AvgIpc) is 2.78. The van der Waals surface area contributed by atoms with Crippen molar-refractivity contribution in [1.82, 2.24) is 9.80 Å². The van der Waals surface area contributed by atoms with Crippen LogP contribution in [0.25, 0.3) is 0 Å². The maximum atomic E-state index is 12.5. The zero-order chi connectivity index (χ0) is 25.4. The number of allylic oxidation sites excluding steroid dienone is 2. The second-order valence-corrected chi connectivity index (χ2v) is 8.92. The molecular formula is C26H47N2NaO6. The molecule has 0 aromatic carbocycles. The van der Waals surface area contributed by atoms with Crippen LogP contribution >= 0.6 is 0 Å². The molecule has 0 fully saturated rings. The third-order valence-electron chi connectivity index (χ3n) is 5.77. The van der Waals surface area contributed by atoms with E-state index in [1.54, 1.807) is 0 Å². The summed E-state index contributed by atoms with van der Waals surface area (Å²) in [7, 11) is 0. The van der Waals surface area contributed by atoms with E-state index in [0.717, 1.165) is 38.5 Å². The second kappa shape index (κ2) is 26.1. The molecule has 0 rings (SSSR count). The molecule has 0 aliphatic rings. The Kier molecular flexibility index (Phi) is 27.1. The Bertz CT molecular complexity index is 558. The summed E-state index contributed by atoms with van der Waals surface area (Å²) in [5.41, 5.74) is 0. The van der Waals surface area contributed by atoms with Crippen molar-refractivity contribution >= 4 is 17.8 Å².